The third kappa shape index (κ3) is 6.19. The zero-order valence-electron chi connectivity index (χ0n) is 27.3. The van der Waals surface area contributed by atoms with Crippen molar-refractivity contribution in [2.24, 2.45) is 7.05 Å². The van der Waals surface area contributed by atoms with Crippen molar-refractivity contribution >= 4 is 61.5 Å². The fourth-order valence-corrected chi connectivity index (χ4v) is 8.16. The Balaban J connectivity index is 0.938. The molecule has 1 aromatic heterocycles. The molecule has 51 heavy (non-hydrogen) atoms. The molecular weight excluding hydrogens is 689 g/mol. The molecule has 4 heterocycles. The molecule has 3 saturated heterocycles. The minimum Gasteiger partial charge on any atom is -0.506 e. The van der Waals surface area contributed by atoms with Crippen LogP contribution >= 0.6 is 0 Å². The standard InChI is InChI=1S/C33H34FN7O9S/c1-38-25-14-19(3-5-23(25)41(33(38)47)24-6-7-27(43)36-31(24)45)18-8-11-39(12-9-18)32(46)35-10-13-50-21-4-2-20-15-26(42)30(29(34)22(20)16-21)40-17-28(44)37-51(40,48)49/h2-5,14-16,18,24,42H,6-13,17H2,1H3,(H,35,46)(H,37,44)(H,36,43,45). The minimum atomic E-state index is -4.36. The fraction of sp³-hybridized carbons (Fsp3) is 0.364. The Morgan fingerprint density at radius 2 is 1.78 bits per heavy atom. The minimum absolute atomic E-state index is 0.0324. The molecule has 4 aromatic rings. The van der Waals surface area contributed by atoms with E-state index in [4.69, 9.17) is 4.74 Å². The lowest BCUT2D eigenvalue weighted by atomic mass is 9.89. The first-order valence-corrected chi connectivity index (χ1v) is 17.7. The average Bonchev–Trinajstić information content (AvgIpc) is 3.51. The SMILES string of the molecule is Cn1c(=O)n(C2CCC(=O)NC2=O)c2ccc(C3CCN(C(=O)NCCOc4ccc5cc(O)c(N6CC(=O)NS6(=O)=O)c(F)c5c4)CC3)cc21. The van der Waals surface area contributed by atoms with E-state index in [0.717, 1.165) is 5.56 Å². The van der Waals surface area contributed by atoms with Gasteiger partial charge in [-0.05, 0) is 66.5 Å². The van der Waals surface area contributed by atoms with Gasteiger partial charge in [-0.25, -0.2) is 23.0 Å². The van der Waals surface area contributed by atoms with Gasteiger partial charge in [0.05, 0.1) is 17.6 Å². The summed E-state index contributed by atoms with van der Waals surface area (Å²) in [6.07, 6.45) is 1.81. The molecule has 0 saturated carbocycles. The lowest BCUT2D eigenvalue weighted by molar-refractivity contribution is -0.135. The summed E-state index contributed by atoms with van der Waals surface area (Å²) in [7, 11) is -2.70. The zero-order valence-corrected chi connectivity index (χ0v) is 28.2. The van der Waals surface area contributed by atoms with Crippen LogP contribution in [0.4, 0.5) is 14.9 Å². The predicted molar refractivity (Wildman–Crippen MR) is 181 cm³/mol. The number of halogens is 1. The number of amides is 5. The molecule has 3 aromatic carbocycles. The van der Waals surface area contributed by atoms with Crippen molar-refractivity contribution in [3.8, 4) is 11.5 Å². The van der Waals surface area contributed by atoms with Crippen LogP contribution in [0.5, 0.6) is 11.5 Å². The van der Waals surface area contributed by atoms with E-state index >= 15 is 4.39 Å². The van der Waals surface area contributed by atoms with Gasteiger partial charge < -0.3 is 20.1 Å². The predicted octanol–water partition coefficient (Wildman–Crippen LogP) is 1.46. The summed E-state index contributed by atoms with van der Waals surface area (Å²) < 4.78 is 50.9. The van der Waals surface area contributed by atoms with Crippen molar-refractivity contribution in [1.82, 2.24) is 29.4 Å². The first-order valence-electron chi connectivity index (χ1n) is 16.3. The highest BCUT2D eigenvalue weighted by Gasteiger charge is 2.38. The van der Waals surface area contributed by atoms with E-state index in [9.17, 15) is 37.5 Å². The number of fused-ring (bicyclic) bond motifs is 2. The summed E-state index contributed by atoms with van der Waals surface area (Å²) in [4.78, 5) is 63.5. The topological polar surface area (TPSA) is 201 Å². The summed E-state index contributed by atoms with van der Waals surface area (Å²) in [5.41, 5.74) is 1.34. The average molecular weight is 724 g/mol. The molecular formula is C33H34FN7O9S. The molecule has 7 rings (SSSR count). The van der Waals surface area contributed by atoms with Crippen LogP contribution < -0.4 is 30.1 Å². The molecule has 4 N–H and O–H groups in total. The van der Waals surface area contributed by atoms with E-state index in [1.807, 2.05) is 18.2 Å². The smallest absolute Gasteiger partial charge is 0.329 e. The maximum Gasteiger partial charge on any atom is 0.329 e. The molecule has 1 unspecified atom stereocenters. The van der Waals surface area contributed by atoms with Gasteiger partial charge in [0.25, 0.3) is 5.91 Å². The highest BCUT2D eigenvalue weighted by Crippen LogP contribution is 2.39. The van der Waals surface area contributed by atoms with Crippen molar-refractivity contribution in [2.75, 3.05) is 37.1 Å². The summed E-state index contributed by atoms with van der Waals surface area (Å²) in [5, 5.41) is 15.7. The Morgan fingerprint density at radius 1 is 1.02 bits per heavy atom. The third-order valence-corrected chi connectivity index (χ3v) is 11.0. The number of piperidine rings is 2. The highest BCUT2D eigenvalue weighted by atomic mass is 32.2. The number of hydrogen-bond donors (Lipinski definition) is 4. The van der Waals surface area contributed by atoms with E-state index in [1.165, 1.54) is 27.3 Å². The van der Waals surface area contributed by atoms with Crippen LogP contribution in [0.15, 0.2) is 47.3 Å². The number of phenols is 1. The Morgan fingerprint density at radius 3 is 2.49 bits per heavy atom. The maximum absolute atomic E-state index is 15.5. The molecule has 0 aliphatic carbocycles. The largest absolute Gasteiger partial charge is 0.506 e. The lowest BCUT2D eigenvalue weighted by Gasteiger charge is -2.32. The van der Waals surface area contributed by atoms with Crippen molar-refractivity contribution < 1.29 is 41.8 Å². The van der Waals surface area contributed by atoms with Gasteiger partial charge in [-0.2, -0.15) is 8.42 Å². The number of nitrogens with one attached hydrogen (secondary N) is 3. The second-order valence-electron chi connectivity index (χ2n) is 12.7. The number of ether oxygens (including phenoxy) is 1. The number of urea groups is 1. The number of aromatic hydroxyl groups is 1. The number of carbonyl (C=O) groups excluding carboxylic acids is 4. The van der Waals surface area contributed by atoms with Gasteiger partial charge in [0.2, 0.25) is 11.8 Å². The van der Waals surface area contributed by atoms with E-state index in [1.54, 1.807) is 22.7 Å². The molecule has 3 aliphatic rings. The van der Waals surface area contributed by atoms with Crippen LogP contribution in [0.3, 0.4) is 0 Å². The first-order chi connectivity index (χ1) is 24.3. The lowest BCUT2D eigenvalue weighted by Crippen LogP contribution is -2.45. The van der Waals surface area contributed by atoms with Crippen molar-refractivity contribution in [3.63, 3.8) is 0 Å². The molecule has 3 fully saturated rings. The molecule has 268 valence electrons. The van der Waals surface area contributed by atoms with Crippen LogP contribution in [-0.2, 0) is 31.6 Å². The molecule has 0 spiro atoms. The van der Waals surface area contributed by atoms with Gasteiger partial charge in [-0.15, -0.1) is 0 Å². The van der Waals surface area contributed by atoms with Gasteiger partial charge in [0.15, 0.2) is 5.82 Å². The molecule has 0 bridgehead atoms. The quantitative estimate of drug-likeness (QED) is 0.161. The number of aromatic nitrogens is 2. The molecule has 1 atom stereocenters. The van der Waals surface area contributed by atoms with Gasteiger partial charge in [0.1, 0.15) is 36.4 Å². The van der Waals surface area contributed by atoms with Crippen LogP contribution in [-0.4, -0.2) is 84.1 Å². The van der Waals surface area contributed by atoms with Gasteiger partial charge in [0, 0.05) is 31.9 Å². The summed E-state index contributed by atoms with van der Waals surface area (Å²) in [6.45, 7) is 0.523. The normalized spacial score (nSPS) is 19.4. The fourth-order valence-electron chi connectivity index (χ4n) is 7.00. The number of carbonyl (C=O) groups is 4. The maximum atomic E-state index is 15.5. The Labute approximate surface area is 289 Å². The number of imidazole rings is 1. The number of hydrogen-bond acceptors (Lipinski definition) is 9. The number of aryl methyl sites for hydroxylation is 1. The van der Waals surface area contributed by atoms with E-state index in [0.29, 0.717) is 41.3 Å². The van der Waals surface area contributed by atoms with Crippen molar-refractivity contribution in [1.29, 1.82) is 0 Å². The first kappa shape index (κ1) is 33.8. The van der Waals surface area contributed by atoms with Crippen LogP contribution in [0.1, 0.15) is 43.2 Å². The molecule has 16 nitrogen and oxygen atoms in total. The Hall–Kier alpha value is -5.65. The van der Waals surface area contributed by atoms with Gasteiger partial charge >= 0.3 is 21.9 Å². The number of phenolic OH excluding ortho intramolecular Hbond substituents is 1. The highest BCUT2D eigenvalue weighted by molar-refractivity contribution is 7.92. The van der Waals surface area contributed by atoms with Crippen molar-refractivity contribution in [2.45, 2.75) is 37.6 Å². The third-order valence-electron chi connectivity index (χ3n) is 9.61. The number of nitrogens with zero attached hydrogens (tertiary/aromatic N) is 4. The molecule has 5 amide bonds. The molecule has 0 radical (unpaired) electrons. The number of anilines is 1. The van der Waals surface area contributed by atoms with Gasteiger partial charge in [-0.1, -0.05) is 12.1 Å². The second-order valence-corrected chi connectivity index (χ2v) is 14.3. The monoisotopic (exact) mass is 723 g/mol. The Kier molecular flexibility index (Phi) is 8.56. The van der Waals surface area contributed by atoms with Gasteiger partial charge in [-0.3, -0.25) is 28.8 Å². The van der Waals surface area contributed by atoms with Crippen LogP contribution in [0.2, 0.25) is 0 Å². The zero-order chi connectivity index (χ0) is 36.2. The van der Waals surface area contributed by atoms with Crippen LogP contribution in [0.25, 0.3) is 21.8 Å². The number of rotatable bonds is 7. The molecule has 3 aliphatic heterocycles. The van der Waals surface area contributed by atoms with E-state index in [2.05, 4.69) is 10.6 Å². The second kappa shape index (κ2) is 12.9. The number of imide groups is 1. The van der Waals surface area contributed by atoms with E-state index in [-0.39, 0.29) is 66.1 Å². The number of benzene rings is 3. The summed E-state index contributed by atoms with van der Waals surface area (Å²) in [5.74, 6) is -2.99. The number of likely N-dealkylation sites (tertiary alicyclic amines) is 1. The molecule has 18 heteroatoms. The Bertz CT molecular complexity index is 2300. The van der Waals surface area contributed by atoms with E-state index < -0.39 is 51.9 Å². The summed E-state index contributed by atoms with van der Waals surface area (Å²) >= 11 is 0. The van der Waals surface area contributed by atoms with Crippen molar-refractivity contribution in [3.05, 3.63) is 64.3 Å². The summed E-state index contributed by atoms with van der Waals surface area (Å²) in [6, 6.07) is 10.3. The van der Waals surface area contributed by atoms with Crippen LogP contribution in [0, 0.1) is 5.82 Å².